The highest BCUT2D eigenvalue weighted by Gasteiger charge is 2.23. The van der Waals surface area contributed by atoms with Gasteiger partial charge in [-0.15, -0.1) is 10.2 Å². The zero-order chi connectivity index (χ0) is 28.1. The molecule has 0 amide bonds. The van der Waals surface area contributed by atoms with Gasteiger partial charge in [0.15, 0.2) is 16.8 Å². The maximum absolute atomic E-state index is 13.3. The molecule has 4 aromatic rings. The molecule has 2 heterocycles. The van der Waals surface area contributed by atoms with Gasteiger partial charge in [0.1, 0.15) is 17.1 Å². The summed E-state index contributed by atoms with van der Waals surface area (Å²) in [6.45, 7) is 4.73. The molecule has 0 atom stereocenters. The van der Waals surface area contributed by atoms with Gasteiger partial charge in [0.05, 0.1) is 12.9 Å². The zero-order valence-corrected chi connectivity index (χ0v) is 23.3. The average molecular weight is 549 g/mol. The standard InChI is InChI=1S/C28H32N6O4S/c1-18(2)16-34-24(29)23(26(36)32(3)28(34)37)22(35)17-39-27-31-30-25(20-10-12-21(38-4)13-11-20)33(27)15-14-19-8-6-5-7-9-19/h5-13,18H,14-17,29H2,1-4H3. The van der Waals surface area contributed by atoms with Crippen molar-refractivity contribution in [3.63, 3.8) is 0 Å². The van der Waals surface area contributed by atoms with Gasteiger partial charge in [-0.25, -0.2) is 4.79 Å². The van der Waals surface area contributed by atoms with Gasteiger partial charge in [-0.1, -0.05) is 55.9 Å². The van der Waals surface area contributed by atoms with Crippen molar-refractivity contribution in [2.24, 2.45) is 13.0 Å². The lowest BCUT2D eigenvalue weighted by molar-refractivity contribution is 0.102. The summed E-state index contributed by atoms with van der Waals surface area (Å²) < 4.78 is 9.46. The molecule has 0 saturated heterocycles. The number of aromatic nitrogens is 5. The Morgan fingerprint density at radius 3 is 2.36 bits per heavy atom. The van der Waals surface area contributed by atoms with Crippen LogP contribution in [0.25, 0.3) is 11.4 Å². The lowest BCUT2D eigenvalue weighted by Gasteiger charge is -2.16. The first kappa shape index (κ1) is 27.9. The first-order chi connectivity index (χ1) is 18.7. The number of nitrogens with two attached hydrogens (primary N) is 1. The number of anilines is 1. The summed E-state index contributed by atoms with van der Waals surface area (Å²) in [4.78, 5) is 38.8. The molecule has 4 rings (SSSR count). The maximum Gasteiger partial charge on any atom is 0.332 e. The van der Waals surface area contributed by atoms with E-state index in [-0.39, 0.29) is 23.1 Å². The molecular weight excluding hydrogens is 516 g/mol. The van der Waals surface area contributed by atoms with Gasteiger partial charge in [0.2, 0.25) is 0 Å². The summed E-state index contributed by atoms with van der Waals surface area (Å²) in [6.07, 6.45) is 0.733. The largest absolute Gasteiger partial charge is 0.497 e. The van der Waals surface area contributed by atoms with Gasteiger partial charge >= 0.3 is 5.69 Å². The number of carbonyl (C=O) groups is 1. The number of aryl methyl sites for hydroxylation is 1. The van der Waals surface area contributed by atoms with Crippen LogP contribution in [0.1, 0.15) is 29.8 Å². The van der Waals surface area contributed by atoms with Crippen LogP contribution in [0.3, 0.4) is 0 Å². The van der Waals surface area contributed by atoms with E-state index in [1.165, 1.54) is 23.4 Å². The maximum atomic E-state index is 13.3. The number of rotatable bonds is 11. The number of ether oxygens (including phenoxy) is 1. The smallest absolute Gasteiger partial charge is 0.332 e. The normalized spacial score (nSPS) is 11.2. The molecule has 0 unspecified atom stereocenters. The summed E-state index contributed by atoms with van der Waals surface area (Å²) in [5.41, 5.74) is 6.78. The Kier molecular flexibility index (Phi) is 8.70. The number of hydrogen-bond acceptors (Lipinski definition) is 8. The van der Waals surface area contributed by atoms with Crippen LogP contribution < -0.4 is 21.7 Å². The summed E-state index contributed by atoms with van der Waals surface area (Å²) in [6, 6.07) is 17.6. The average Bonchev–Trinajstić information content (AvgIpc) is 3.35. The van der Waals surface area contributed by atoms with E-state index in [1.807, 2.05) is 60.9 Å². The predicted octanol–water partition coefficient (Wildman–Crippen LogP) is 3.27. The van der Waals surface area contributed by atoms with Crippen molar-refractivity contribution in [2.45, 2.75) is 38.5 Å². The summed E-state index contributed by atoms with van der Waals surface area (Å²) in [5, 5.41) is 9.32. The first-order valence-electron chi connectivity index (χ1n) is 12.6. The van der Waals surface area contributed by atoms with Crippen LogP contribution in [0.2, 0.25) is 0 Å². The van der Waals surface area contributed by atoms with Crippen molar-refractivity contribution in [2.75, 3.05) is 18.6 Å². The second kappa shape index (κ2) is 12.2. The van der Waals surface area contributed by atoms with Crippen molar-refractivity contribution in [3.05, 3.63) is 86.6 Å². The van der Waals surface area contributed by atoms with E-state index in [9.17, 15) is 14.4 Å². The first-order valence-corrected chi connectivity index (χ1v) is 13.6. The summed E-state index contributed by atoms with van der Waals surface area (Å²) in [7, 11) is 2.96. The summed E-state index contributed by atoms with van der Waals surface area (Å²) in [5.74, 6) is 0.813. The van der Waals surface area contributed by atoms with Crippen LogP contribution in [0.4, 0.5) is 5.82 Å². The summed E-state index contributed by atoms with van der Waals surface area (Å²) >= 11 is 1.18. The lowest BCUT2D eigenvalue weighted by Crippen LogP contribution is -2.43. The minimum Gasteiger partial charge on any atom is -0.497 e. The zero-order valence-electron chi connectivity index (χ0n) is 22.5. The number of ketones is 1. The van der Waals surface area contributed by atoms with Gasteiger partial charge in [0.25, 0.3) is 5.56 Å². The monoisotopic (exact) mass is 548 g/mol. The minimum absolute atomic E-state index is 0.0919. The lowest BCUT2D eigenvalue weighted by atomic mass is 10.1. The van der Waals surface area contributed by atoms with E-state index in [4.69, 9.17) is 10.5 Å². The molecule has 0 fully saturated rings. The van der Waals surface area contributed by atoms with Crippen LogP contribution in [-0.4, -0.2) is 42.5 Å². The van der Waals surface area contributed by atoms with Crippen LogP contribution in [0.5, 0.6) is 5.75 Å². The van der Waals surface area contributed by atoms with E-state index in [2.05, 4.69) is 22.3 Å². The van der Waals surface area contributed by atoms with Crippen molar-refractivity contribution in [3.8, 4) is 17.1 Å². The third-order valence-electron chi connectivity index (χ3n) is 6.27. The number of benzene rings is 2. The van der Waals surface area contributed by atoms with Crippen molar-refractivity contribution < 1.29 is 9.53 Å². The van der Waals surface area contributed by atoms with Crippen LogP contribution in [0, 0.1) is 5.92 Å². The Balaban J connectivity index is 1.64. The van der Waals surface area contributed by atoms with Gasteiger partial charge in [-0.05, 0) is 42.2 Å². The molecule has 10 nitrogen and oxygen atoms in total. The number of nitrogen functional groups attached to an aromatic ring is 1. The number of methoxy groups -OCH3 is 1. The molecule has 0 saturated carbocycles. The highest BCUT2D eigenvalue weighted by Crippen LogP contribution is 2.27. The molecule has 0 radical (unpaired) electrons. The van der Waals surface area contributed by atoms with E-state index < -0.39 is 17.0 Å². The Morgan fingerprint density at radius 2 is 1.72 bits per heavy atom. The number of carbonyl (C=O) groups excluding carboxylic acids is 1. The Hall–Kier alpha value is -4.12. The fourth-order valence-electron chi connectivity index (χ4n) is 4.23. The SMILES string of the molecule is COc1ccc(-c2nnc(SCC(=O)c3c(N)n(CC(C)C)c(=O)n(C)c3=O)n2CCc2ccccc2)cc1. The molecule has 39 heavy (non-hydrogen) atoms. The second-order valence-electron chi connectivity index (χ2n) is 9.55. The van der Waals surface area contributed by atoms with Crippen LogP contribution in [-0.2, 0) is 26.6 Å². The molecule has 2 aromatic carbocycles. The topological polar surface area (TPSA) is 127 Å². The van der Waals surface area contributed by atoms with Crippen LogP contribution in [0.15, 0.2) is 69.3 Å². The van der Waals surface area contributed by atoms with Crippen LogP contribution >= 0.6 is 11.8 Å². The van der Waals surface area contributed by atoms with Gasteiger partial charge in [0, 0.05) is 25.7 Å². The molecule has 2 N–H and O–H groups in total. The van der Waals surface area contributed by atoms with E-state index in [1.54, 1.807) is 7.11 Å². The van der Waals surface area contributed by atoms with Crippen molar-refractivity contribution in [1.82, 2.24) is 23.9 Å². The van der Waals surface area contributed by atoms with E-state index in [0.29, 0.717) is 24.1 Å². The highest BCUT2D eigenvalue weighted by atomic mass is 32.2. The second-order valence-corrected chi connectivity index (χ2v) is 10.5. The van der Waals surface area contributed by atoms with Crippen molar-refractivity contribution in [1.29, 1.82) is 0 Å². The molecule has 11 heteroatoms. The Bertz CT molecular complexity index is 1570. The Labute approximate surface area is 230 Å². The number of Topliss-reactive ketones (excluding diaryl/α,β-unsaturated/α-hetero) is 1. The quantitative estimate of drug-likeness (QED) is 0.224. The third-order valence-corrected chi connectivity index (χ3v) is 7.24. The molecule has 2 aromatic heterocycles. The number of thioether (sulfide) groups is 1. The fraction of sp³-hybridized carbons (Fsp3) is 0.321. The molecule has 0 bridgehead atoms. The molecule has 0 aliphatic heterocycles. The number of nitrogens with zero attached hydrogens (tertiary/aromatic N) is 5. The highest BCUT2D eigenvalue weighted by molar-refractivity contribution is 7.99. The van der Waals surface area contributed by atoms with Crippen molar-refractivity contribution >= 4 is 23.4 Å². The fourth-order valence-corrected chi connectivity index (χ4v) is 5.06. The van der Waals surface area contributed by atoms with E-state index in [0.717, 1.165) is 27.9 Å². The molecular formula is C28H32N6O4S. The van der Waals surface area contributed by atoms with Gasteiger partial charge < -0.3 is 15.0 Å². The van der Waals surface area contributed by atoms with Gasteiger partial charge in [-0.2, -0.15) is 0 Å². The predicted molar refractivity (Wildman–Crippen MR) is 152 cm³/mol. The molecule has 0 spiro atoms. The third kappa shape index (κ3) is 6.14. The minimum atomic E-state index is -0.701. The molecule has 0 aliphatic carbocycles. The molecule has 204 valence electrons. The Morgan fingerprint density at radius 1 is 1.03 bits per heavy atom. The number of hydrogen-bond donors (Lipinski definition) is 1. The van der Waals surface area contributed by atoms with Gasteiger partial charge in [-0.3, -0.25) is 18.7 Å². The molecule has 0 aliphatic rings. The van der Waals surface area contributed by atoms with E-state index >= 15 is 0 Å².